The Labute approximate surface area is 141 Å². The minimum Gasteiger partial charge on any atom is -0.462 e. The summed E-state index contributed by atoms with van der Waals surface area (Å²) in [6, 6.07) is 6.97. The van der Waals surface area contributed by atoms with Gasteiger partial charge in [-0.2, -0.15) is 0 Å². The van der Waals surface area contributed by atoms with Crippen LogP contribution in [0.4, 0.5) is 5.69 Å². The molecule has 1 aliphatic heterocycles. The zero-order valence-corrected chi connectivity index (χ0v) is 13.9. The summed E-state index contributed by atoms with van der Waals surface area (Å²) in [6.07, 6.45) is 1.21. The number of ether oxygens (including phenoxy) is 1. The van der Waals surface area contributed by atoms with E-state index < -0.39 is 0 Å². The average molecular weight is 333 g/mol. The molecule has 1 N–H and O–H groups in total. The molecule has 0 radical (unpaired) electrons. The van der Waals surface area contributed by atoms with E-state index in [-0.39, 0.29) is 11.9 Å². The Bertz CT molecular complexity index is 566. The number of nitrogens with one attached hydrogen (secondary N) is 1. The molecule has 0 spiro atoms. The van der Waals surface area contributed by atoms with E-state index in [9.17, 15) is 14.4 Å². The lowest BCUT2D eigenvalue weighted by Gasteiger charge is -2.32. The van der Waals surface area contributed by atoms with Gasteiger partial charge >= 0.3 is 5.97 Å². The summed E-state index contributed by atoms with van der Waals surface area (Å²) in [5.74, 6) is -0.259. The van der Waals surface area contributed by atoms with E-state index >= 15 is 0 Å². The maximum Gasteiger partial charge on any atom is 0.338 e. The molecule has 7 nitrogen and oxygen atoms in total. The van der Waals surface area contributed by atoms with Crippen LogP contribution < -0.4 is 5.32 Å². The van der Waals surface area contributed by atoms with E-state index in [2.05, 4.69) is 5.32 Å². The van der Waals surface area contributed by atoms with E-state index in [0.717, 1.165) is 12.1 Å². The van der Waals surface area contributed by atoms with Crippen LogP contribution in [0.3, 0.4) is 0 Å². The molecule has 7 heteroatoms. The van der Waals surface area contributed by atoms with Gasteiger partial charge in [-0.3, -0.25) is 9.59 Å². The highest BCUT2D eigenvalue weighted by Gasteiger charge is 2.19. The van der Waals surface area contributed by atoms with Crippen LogP contribution in [0, 0.1) is 0 Å². The highest BCUT2D eigenvalue weighted by molar-refractivity contribution is 5.89. The molecule has 130 valence electrons. The Hall–Kier alpha value is -2.57. The van der Waals surface area contributed by atoms with Gasteiger partial charge in [-0.25, -0.2) is 4.79 Å². The molecule has 0 aliphatic carbocycles. The minimum atomic E-state index is -0.339. The number of amides is 2. The van der Waals surface area contributed by atoms with Gasteiger partial charge in [0.2, 0.25) is 12.3 Å². The lowest BCUT2D eigenvalue weighted by Crippen LogP contribution is -2.48. The highest BCUT2D eigenvalue weighted by Crippen LogP contribution is 2.11. The van der Waals surface area contributed by atoms with Crippen molar-refractivity contribution in [2.75, 3.05) is 44.6 Å². The van der Waals surface area contributed by atoms with Crippen LogP contribution in [0.2, 0.25) is 0 Å². The predicted octanol–water partition coefficient (Wildman–Crippen LogP) is 0.966. The van der Waals surface area contributed by atoms with Crippen LogP contribution in [0.5, 0.6) is 0 Å². The number of benzene rings is 1. The molecule has 2 amide bonds. The van der Waals surface area contributed by atoms with Crippen molar-refractivity contribution >= 4 is 24.0 Å². The van der Waals surface area contributed by atoms with Crippen molar-refractivity contribution in [1.82, 2.24) is 9.80 Å². The summed E-state index contributed by atoms with van der Waals surface area (Å²) in [7, 11) is 0. The molecule has 0 unspecified atom stereocenters. The van der Waals surface area contributed by atoms with Gasteiger partial charge in [-0.1, -0.05) is 0 Å². The lowest BCUT2D eigenvalue weighted by molar-refractivity contribution is -0.134. The quantitative estimate of drug-likeness (QED) is 0.594. The summed E-state index contributed by atoms with van der Waals surface area (Å²) < 4.78 is 4.93. The lowest BCUT2D eigenvalue weighted by atomic mass is 10.2. The normalized spacial score (nSPS) is 14.2. The monoisotopic (exact) mass is 333 g/mol. The molecule has 2 rings (SSSR count). The van der Waals surface area contributed by atoms with E-state index in [1.807, 2.05) is 0 Å². The van der Waals surface area contributed by atoms with Gasteiger partial charge in [0.1, 0.15) is 0 Å². The third kappa shape index (κ3) is 4.97. The van der Waals surface area contributed by atoms with E-state index in [0.29, 0.717) is 51.3 Å². The molecule has 1 heterocycles. The molecule has 1 aliphatic rings. The van der Waals surface area contributed by atoms with Gasteiger partial charge in [-0.15, -0.1) is 0 Å². The van der Waals surface area contributed by atoms with E-state index in [4.69, 9.17) is 4.74 Å². The standard InChI is InChI=1S/C17H23N3O4/c1-2-24-17(23)14-3-5-15(6-4-14)18-8-7-16(22)20-11-9-19(13-21)10-12-20/h3-6,13,18H,2,7-12H2,1H3. The Morgan fingerprint density at radius 1 is 1.17 bits per heavy atom. The third-order valence-corrected chi connectivity index (χ3v) is 3.88. The SMILES string of the molecule is CCOC(=O)c1ccc(NCCC(=O)N2CCN(C=O)CC2)cc1. The fraction of sp³-hybridized carbons (Fsp3) is 0.471. The van der Waals surface area contributed by atoms with Crippen LogP contribution >= 0.6 is 0 Å². The topological polar surface area (TPSA) is 79.0 Å². The van der Waals surface area contributed by atoms with E-state index in [1.54, 1.807) is 41.0 Å². The van der Waals surface area contributed by atoms with E-state index in [1.165, 1.54) is 0 Å². The average Bonchev–Trinajstić information content (AvgIpc) is 2.62. The first-order valence-corrected chi connectivity index (χ1v) is 8.12. The third-order valence-electron chi connectivity index (χ3n) is 3.88. The number of anilines is 1. The maximum absolute atomic E-state index is 12.1. The van der Waals surface area contributed by atoms with Gasteiger partial charge in [0, 0.05) is 44.8 Å². The predicted molar refractivity (Wildman–Crippen MR) is 89.7 cm³/mol. The first kappa shape index (κ1) is 17.8. The van der Waals surface area contributed by atoms with Gasteiger partial charge in [0.05, 0.1) is 12.2 Å². The number of hydrogen-bond acceptors (Lipinski definition) is 5. The fourth-order valence-corrected chi connectivity index (χ4v) is 2.49. The number of piperazine rings is 1. The molecule has 0 atom stereocenters. The number of carbonyl (C=O) groups excluding carboxylic acids is 3. The fourth-order valence-electron chi connectivity index (χ4n) is 2.49. The summed E-state index contributed by atoms with van der Waals surface area (Å²) >= 11 is 0. The zero-order valence-electron chi connectivity index (χ0n) is 13.9. The van der Waals surface area contributed by atoms with Crippen molar-refractivity contribution in [2.45, 2.75) is 13.3 Å². The Morgan fingerprint density at radius 2 is 1.83 bits per heavy atom. The Balaban J connectivity index is 1.73. The first-order chi connectivity index (χ1) is 11.6. The van der Waals surface area contributed by atoms with Crippen molar-refractivity contribution in [2.24, 2.45) is 0 Å². The molecular formula is C17H23N3O4. The molecule has 1 aromatic carbocycles. The molecule has 1 saturated heterocycles. The zero-order chi connectivity index (χ0) is 17.4. The second kappa shape index (κ2) is 8.90. The molecular weight excluding hydrogens is 310 g/mol. The summed E-state index contributed by atoms with van der Waals surface area (Å²) in [5, 5.41) is 3.17. The molecule has 0 bridgehead atoms. The Kier molecular flexibility index (Phi) is 6.60. The van der Waals surface area contributed by atoms with Crippen molar-refractivity contribution in [3.8, 4) is 0 Å². The van der Waals surface area contributed by atoms with Crippen molar-refractivity contribution in [3.05, 3.63) is 29.8 Å². The first-order valence-electron chi connectivity index (χ1n) is 8.12. The van der Waals surface area contributed by atoms with Gasteiger partial charge in [0.25, 0.3) is 0 Å². The second-order valence-electron chi connectivity index (χ2n) is 5.50. The summed E-state index contributed by atoms with van der Waals surface area (Å²) in [5.41, 5.74) is 1.35. The number of carbonyl (C=O) groups is 3. The van der Waals surface area contributed by atoms with Crippen molar-refractivity contribution < 1.29 is 19.1 Å². The molecule has 24 heavy (non-hydrogen) atoms. The number of rotatable bonds is 7. The second-order valence-corrected chi connectivity index (χ2v) is 5.50. The smallest absolute Gasteiger partial charge is 0.338 e. The molecule has 1 aromatic rings. The summed E-state index contributed by atoms with van der Waals surface area (Å²) in [6.45, 7) is 5.00. The summed E-state index contributed by atoms with van der Waals surface area (Å²) in [4.78, 5) is 37.8. The number of esters is 1. The highest BCUT2D eigenvalue weighted by atomic mass is 16.5. The minimum absolute atomic E-state index is 0.0798. The maximum atomic E-state index is 12.1. The van der Waals surface area contributed by atoms with Crippen LogP contribution in [0.1, 0.15) is 23.7 Å². The van der Waals surface area contributed by atoms with Crippen LogP contribution in [0.15, 0.2) is 24.3 Å². The molecule has 0 aromatic heterocycles. The van der Waals surface area contributed by atoms with Gasteiger partial charge < -0.3 is 19.9 Å². The number of nitrogens with zero attached hydrogens (tertiary/aromatic N) is 2. The van der Waals surface area contributed by atoms with Crippen LogP contribution in [-0.2, 0) is 14.3 Å². The Morgan fingerprint density at radius 3 is 2.42 bits per heavy atom. The van der Waals surface area contributed by atoms with Gasteiger partial charge in [-0.05, 0) is 31.2 Å². The van der Waals surface area contributed by atoms with Crippen molar-refractivity contribution in [1.29, 1.82) is 0 Å². The van der Waals surface area contributed by atoms with Crippen LogP contribution in [0.25, 0.3) is 0 Å². The van der Waals surface area contributed by atoms with Crippen molar-refractivity contribution in [3.63, 3.8) is 0 Å². The largest absolute Gasteiger partial charge is 0.462 e. The molecule has 0 saturated carbocycles. The number of hydrogen-bond donors (Lipinski definition) is 1. The van der Waals surface area contributed by atoms with Crippen LogP contribution in [-0.4, -0.2) is 67.4 Å². The van der Waals surface area contributed by atoms with Gasteiger partial charge in [0.15, 0.2) is 0 Å². The molecule has 1 fully saturated rings.